The maximum Gasteiger partial charge on any atom is 0.250 e. The molecule has 0 radical (unpaired) electrons. The van der Waals surface area contributed by atoms with E-state index in [1.165, 1.54) is 12.1 Å². The summed E-state index contributed by atoms with van der Waals surface area (Å²) in [6, 6.07) is 5.97. The smallest absolute Gasteiger partial charge is 0.250 e. The van der Waals surface area contributed by atoms with Crippen LogP contribution < -0.4 is 5.73 Å². The average Bonchev–Trinajstić information content (AvgIpc) is 2.41. The van der Waals surface area contributed by atoms with Gasteiger partial charge in [0.05, 0.1) is 11.6 Å². The van der Waals surface area contributed by atoms with E-state index in [0.717, 1.165) is 0 Å². The van der Waals surface area contributed by atoms with Crippen molar-refractivity contribution in [2.24, 2.45) is 5.73 Å². The van der Waals surface area contributed by atoms with Crippen LogP contribution in [0.4, 0.5) is 4.39 Å². The van der Waals surface area contributed by atoms with E-state index in [1.54, 1.807) is 6.07 Å². The fraction of sp³-hybridized carbons (Fsp3) is 0.429. The van der Waals surface area contributed by atoms with Crippen LogP contribution in [0.2, 0.25) is 0 Å². The number of rotatable bonds is 3. The number of carbonyl (C=O) groups is 1. The molecule has 1 aromatic rings. The van der Waals surface area contributed by atoms with Crippen LogP contribution in [0.5, 0.6) is 0 Å². The second kappa shape index (κ2) is 5.57. The van der Waals surface area contributed by atoms with Gasteiger partial charge in [0, 0.05) is 13.1 Å². The minimum atomic E-state index is -1.52. The van der Waals surface area contributed by atoms with E-state index in [1.807, 2.05) is 11.0 Å². The molecule has 5 nitrogen and oxygen atoms in total. The molecule has 0 saturated carbocycles. The third kappa shape index (κ3) is 2.95. The largest absolute Gasteiger partial charge is 0.379 e. The number of carbonyl (C=O) groups excluding carboxylic acids is 1. The maximum absolute atomic E-state index is 13.1. The first-order valence-electron chi connectivity index (χ1n) is 6.38. The fourth-order valence-electron chi connectivity index (χ4n) is 2.49. The van der Waals surface area contributed by atoms with Crippen molar-refractivity contribution in [1.29, 1.82) is 5.26 Å². The molecule has 0 spiro atoms. The van der Waals surface area contributed by atoms with Crippen LogP contribution in [-0.2, 0) is 11.3 Å². The summed E-state index contributed by atoms with van der Waals surface area (Å²) in [5.74, 6) is -1.20. The lowest BCUT2D eigenvalue weighted by Crippen LogP contribution is -2.55. The first kappa shape index (κ1) is 14.4. The maximum atomic E-state index is 13.1. The van der Waals surface area contributed by atoms with Crippen molar-refractivity contribution in [2.75, 3.05) is 13.1 Å². The fourth-order valence-corrected chi connectivity index (χ4v) is 2.49. The van der Waals surface area contributed by atoms with Crippen LogP contribution in [0, 0.1) is 17.1 Å². The molecular weight excluding hydrogens is 261 g/mol. The monoisotopic (exact) mass is 277 g/mol. The number of likely N-dealkylation sites (tertiary alicyclic amines) is 1. The van der Waals surface area contributed by atoms with Crippen molar-refractivity contribution >= 4 is 5.91 Å². The number of nitrogens with two attached hydrogens (primary N) is 1. The number of aliphatic hydroxyl groups is 1. The van der Waals surface area contributed by atoms with Crippen molar-refractivity contribution in [3.63, 3.8) is 0 Å². The highest BCUT2D eigenvalue weighted by atomic mass is 19.1. The summed E-state index contributed by atoms with van der Waals surface area (Å²) in [6.07, 6.45) is 0.982. The molecule has 0 aromatic heterocycles. The number of β-amino-alcohol motifs (C(OH)–C–C–N with tert-alkyl or cyclic N) is 1. The first-order chi connectivity index (χ1) is 9.44. The van der Waals surface area contributed by atoms with Crippen LogP contribution in [0.25, 0.3) is 0 Å². The van der Waals surface area contributed by atoms with Gasteiger partial charge in [0.15, 0.2) is 5.60 Å². The number of piperidine rings is 1. The summed E-state index contributed by atoms with van der Waals surface area (Å²) in [6.45, 7) is 1.20. The van der Waals surface area contributed by atoms with Crippen LogP contribution in [0.1, 0.15) is 24.0 Å². The minimum absolute atomic E-state index is 0.130. The van der Waals surface area contributed by atoms with Gasteiger partial charge in [-0.3, -0.25) is 9.69 Å². The highest BCUT2D eigenvalue weighted by molar-refractivity contribution is 5.83. The molecule has 20 heavy (non-hydrogen) atoms. The Hall–Kier alpha value is -1.97. The molecule has 1 heterocycles. The molecule has 1 aliphatic rings. The first-order valence-corrected chi connectivity index (χ1v) is 6.38. The Morgan fingerprint density at radius 2 is 2.35 bits per heavy atom. The molecule has 1 saturated heterocycles. The van der Waals surface area contributed by atoms with Gasteiger partial charge in [-0.15, -0.1) is 0 Å². The summed E-state index contributed by atoms with van der Waals surface area (Å²) in [5.41, 5.74) is 4.62. The Kier molecular flexibility index (Phi) is 4.02. The quantitative estimate of drug-likeness (QED) is 0.842. The Morgan fingerprint density at radius 3 is 3.00 bits per heavy atom. The number of nitriles is 1. The van der Waals surface area contributed by atoms with E-state index in [0.29, 0.717) is 31.5 Å². The van der Waals surface area contributed by atoms with Crippen LogP contribution in [0.15, 0.2) is 18.2 Å². The Balaban J connectivity index is 2.15. The normalized spacial score (nSPS) is 23.2. The molecule has 3 N–H and O–H groups in total. The lowest BCUT2D eigenvalue weighted by Gasteiger charge is -2.37. The van der Waals surface area contributed by atoms with Crippen molar-refractivity contribution in [1.82, 2.24) is 4.90 Å². The predicted octanol–water partition coefficient (Wildman–Crippen LogP) is 0.510. The molecular formula is C14H16FN3O2. The number of amides is 1. The summed E-state index contributed by atoms with van der Waals surface area (Å²) in [5, 5.41) is 19.1. The van der Waals surface area contributed by atoms with Crippen LogP contribution in [-0.4, -0.2) is 34.6 Å². The molecule has 0 aliphatic carbocycles. The molecule has 1 aromatic carbocycles. The number of hydrogen-bond donors (Lipinski definition) is 2. The van der Waals surface area contributed by atoms with Crippen molar-refractivity contribution in [3.05, 3.63) is 35.1 Å². The standard InChI is InChI=1S/C14H16FN3O2/c15-12-3-2-10(11(6-12)7-16)8-18-5-1-4-14(20,9-18)13(17)19/h2-3,6,20H,1,4-5,8-9H2,(H2,17,19)/t14-/m1/s1. The molecule has 1 amide bonds. The third-order valence-corrected chi connectivity index (χ3v) is 3.59. The van der Waals surface area contributed by atoms with Crippen molar-refractivity contribution < 1.29 is 14.3 Å². The second-order valence-corrected chi connectivity index (χ2v) is 5.12. The van der Waals surface area contributed by atoms with Gasteiger partial charge in [-0.2, -0.15) is 5.26 Å². The third-order valence-electron chi connectivity index (χ3n) is 3.59. The van der Waals surface area contributed by atoms with Gasteiger partial charge in [-0.1, -0.05) is 6.07 Å². The number of hydrogen-bond acceptors (Lipinski definition) is 4. The van der Waals surface area contributed by atoms with Crippen LogP contribution >= 0.6 is 0 Å². The molecule has 1 aliphatic heterocycles. The van der Waals surface area contributed by atoms with Gasteiger partial charge >= 0.3 is 0 Å². The molecule has 0 unspecified atom stereocenters. The van der Waals surface area contributed by atoms with E-state index in [-0.39, 0.29) is 12.1 Å². The summed E-state index contributed by atoms with van der Waals surface area (Å²) < 4.78 is 13.1. The highest BCUT2D eigenvalue weighted by Crippen LogP contribution is 2.23. The zero-order valence-electron chi connectivity index (χ0n) is 11.0. The van der Waals surface area contributed by atoms with Crippen molar-refractivity contribution in [3.8, 4) is 6.07 Å². The Labute approximate surface area is 116 Å². The van der Waals surface area contributed by atoms with Crippen LogP contribution in [0.3, 0.4) is 0 Å². The molecule has 2 rings (SSSR count). The summed E-state index contributed by atoms with van der Waals surface area (Å²) in [7, 11) is 0. The lowest BCUT2D eigenvalue weighted by atomic mass is 9.91. The van der Waals surface area contributed by atoms with E-state index >= 15 is 0 Å². The molecule has 1 atom stereocenters. The molecule has 1 fully saturated rings. The van der Waals surface area contributed by atoms with Gasteiger partial charge in [0.1, 0.15) is 5.82 Å². The molecule has 106 valence electrons. The summed E-state index contributed by atoms with van der Waals surface area (Å²) in [4.78, 5) is 13.1. The lowest BCUT2D eigenvalue weighted by molar-refractivity contribution is -0.142. The average molecular weight is 277 g/mol. The second-order valence-electron chi connectivity index (χ2n) is 5.12. The Bertz CT molecular complexity index is 570. The highest BCUT2D eigenvalue weighted by Gasteiger charge is 2.38. The van der Waals surface area contributed by atoms with Gasteiger partial charge in [0.2, 0.25) is 0 Å². The zero-order chi connectivity index (χ0) is 14.8. The van der Waals surface area contributed by atoms with Gasteiger partial charge in [-0.25, -0.2) is 4.39 Å². The van der Waals surface area contributed by atoms with E-state index in [4.69, 9.17) is 11.0 Å². The number of benzene rings is 1. The van der Waals surface area contributed by atoms with Crippen molar-refractivity contribution in [2.45, 2.75) is 25.0 Å². The summed E-state index contributed by atoms with van der Waals surface area (Å²) >= 11 is 0. The SMILES string of the molecule is N#Cc1cc(F)ccc1CN1CCC[C@](O)(C(N)=O)C1. The minimum Gasteiger partial charge on any atom is -0.379 e. The number of nitrogens with zero attached hydrogens (tertiary/aromatic N) is 2. The van der Waals surface area contributed by atoms with E-state index in [2.05, 4.69) is 0 Å². The number of primary amides is 1. The number of halogens is 1. The van der Waals surface area contributed by atoms with E-state index < -0.39 is 17.3 Å². The van der Waals surface area contributed by atoms with Gasteiger partial charge in [-0.05, 0) is 37.1 Å². The molecule has 0 bridgehead atoms. The topological polar surface area (TPSA) is 90.3 Å². The zero-order valence-corrected chi connectivity index (χ0v) is 11.0. The van der Waals surface area contributed by atoms with E-state index in [9.17, 15) is 14.3 Å². The molecule has 6 heteroatoms. The van der Waals surface area contributed by atoms with Gasteiger partial charge < -0.3 is 10.8 Å². The Morgan fingerprint density at radius 1 is 1.60 bits per heavy atom. The van der Waals surface area contributed by atoms with Gasteiger partial charge in [0.25, 0.3) is 5.91 Å². The predicted molar refractivity (Wildman–Crippen MR) is 69.8 cm³/mol.